The first-order valence-corrected chi connectivity index (χ1v) is 7.44. The van der Waals surface area contributed by atoms with Crippen LogP contribution < -0.4 is 5.32 Å². The van der Waals surface area contributed by atoms with Gasteiger partial charge in [-0.3, -0.25) is 0 Å². The first kappa shape index (κ1) is 17.5. The molecule has 0 aliphatic rings. The third kappa shape index (κ3) is 6.16. The van der Waals surface area contributed by atoms with Gasteiger partial charge in [-0.1, -0.05) is 28.1 Å². The van der Waals surface area contributed by atoms with Crippen LogP contribution >= 0.6 is 15.9 Å². The van der Waals surface area contributed by atoms with Gasteiger partial charge in [0.1, 0.15) is 5.60 Å². The quantitative estimate of drug-likeness (QED) is 0.836. The van der Waals surface area contributed by atoms with Gasteiger partial charge in [0.2, 0.25) is 0 Å². The highest BCUT2D eigenvalue weighted by Crippen LogP contribution is 2.20. The van der Waals surface area contributed by atoms with Crippen LogP contribution in [0.2, 0.25) is 0 Å². The Morgan fingerprint density at radius 3 is 2.52 bits per heavy atom. The molecule has 1 N–H and O–H groups in total. The maximum Gasteiger partial charge on any atom is 0.408 e. The van der Waals surface area contributed by atoms with Crippen molar-refractivity contribution in [2.24, 2.45) is 0 Å². The third-order valence-corrected chi connectivity index (χ3v) is 2.86. The van der Waals surface area contributed by atoms with E-state index in [4.69, 9.17) is 9.47 Å². The minimum atomic E-state index is -0.905. The van der Waals surface area contributed by atoms with Crippen molar-refractivity contribution in [2.75, 3.05) is 6.61 Å². The fraction of sp³-hybridized carbons (Fsp3) is 0.467. The number of alkyl carbamates (subject to hydrolysis) is 1. The van der Waals surface area contributed by atoms with Crippen LogP contribution in [0.15, 0.2) is 28.7 Å². The molecule has 0 saturated carbocycles. The standard InChI is InChI=1S/C15H20BrNO4/c1-5-20-13(18)12(10-7-6-8-11(16)9-10)17-14(19)21-15(2,3)4/h6-9,12H,5H2,1-4H3,(H,17,19). The van der Waals surface area contributed by atoms with Gasteiger partial charge in [-0.15, -0.1) is 0 Å². The molecule has 1 aromatic carbocycles. The Balaban J connectivity index is 2.93. The van der Waals surface area contributed by atoms with Gasteiger partial charge in [0, 0.05) is 4.47 Å². The molecule has 21 heavy (non-hydrogen) atoms. The van der Waals surface area contributed by atoms with Crippen LogP contribution in [0.4, 0.5) is 4.79 Å². The molecular formula is C15H20BrNO4. The van der Waals surface area contributed by atoms with E-state index in [1.165, 1.54) is 0 Å². The fourth-order valence-corrected chi connectivity index (χ4v) is 2.03. The lowest BCUT2D eigenvalue weighted by Crippen LogP contribution is -2.38. The number of rotatable bonds is 4. The van der Waals surface area contributed by atoms with Crippen molar-refractivity contribution >= 4 is 28.0 Å². The number of carbonyl (C=O) groups is 2. The van der Waals surface area contributed by atoms with E-state index in [-0.39, 0.29) is 6.61 Å². The predicted molar refractivity (Wildman–Crippen MR) is 82.9 cm³/mol. The molecule has 6 heteroatoms. The van der Waals surface area contributed by atoms with Crippen LogP contribution in [-0.4, -0.2) is 24.3 Å². The molecule has 0 spiro atoms. The number of ether oxygens (including phenoxy) is 2. The summed E-state index contributed by atoms with van der Waals surface area (Å²) in [5.41, 5.74) is -0.0192. The molecular weight excluding hydrogens is 338 g/mol. The number of halogens is 1. The molecule has 1 aromatic rings. The van der Waals surface area contributed by atoms with Gasteiger partial charge in [-0.05, 0) is 45.4 Å². The second-order valence-electron chi connectivity index (χ2n) is 5.39. The number of carbonyl (C=O) groups excluding carboxylic acids is 2. The summed E-state index contributed by atoms with van der Waals surface area (Å²) in [4.78, 5) is 23.9. The van der Waals surface area contributed by atoms with Crippen molar-refractivity contribution < 1.29 is 19.1 Å². The molecule has 0 heterocycles. The second-order valence-corrected chi connectivity index (χ2v) is 6.30. The van der Waals surface area contributed by atoms with Crippen molar-refractivity contribution in [2.45, 2.75) is 39.3 Å². The highest BCUT2D eigenvalue weighted by molar-refractivity contribution is 9.10. The summed E-state index contributed by atoms with van der Waals surface area (Å²) in [7, 11) is 0. The molecule has 0 aromatic heterocycles. The number of amides is 1. The number of hydrogen-bond donors (Lipinski definition) is 1. The molecule has 0 bridgehead atoms. The normalized spacial score (nSPS) is 12.4. The molecule has 1 atom stereocenters. The average Bonchev–Trinajstić information content (AvgIpc) is 2.34. The van der Waals surface area contributed by atoms with E-state index < -0.39 is 23.7 Å². The lowest BCUT2D eigenvalue weighted by molar-refractivity contribution is -0.145. The number of hydrogen-bond acceptors (Lipinski definition) is 4. The van der Waals surface area contributed by atoms with Crippen LogP contribution in [0.1, 0.15) is 39.3 Å². The zero-order chi connectivity index (χ0) is 16.0. The minimum absolute atomic E-state index is 0.235. The van der Waals surface area contributed by atoms with Gasteiger partial charge in [0.05, 0.1) is 6.61 Å². The Bertz CT molecular complexity index is 511. The van der Waals surface area contributed by atoms with E-state index in [0.29, 0.717) is 5.56 Å². The largest absolute Gasteiger partial charge is 0.464 e. The van der Waals surface area contributed by atoms with Crippen LogP contribution in [0, 0.1) is 0 Å². The summed E-state index contributed by atoms with van der Waals surface area (Å²) >= 11 is 3.34. The van der Waals surface area contributed by atoms with Crippen LogP contribution in [0.3, 0.4) is 0 Å². The van der Waals surface area contributed by atoms with Crippen molar-refractivity contribution in [1.29, 1.82) is 0 Å². The summed E-state index contributed by atoms with van der Waals surface area (Å²) in [5, 5.41) is 2.55. The Kier molecular flexibility index (Phi) is 6.20. The van der Waals surface area contributed by atoms with Crippen LogP contribution in [0.25, 0.3) is 0 Å². The molecule has 0 saturated heterocycles. The fourth-order valence-electron chi connectivity index (χ4n) is 1.62. The van der Waals surface area contributed by atoms with Gasteiger partial charge in [-0.2, -0.15) is 0 Å². The molecule has 116 valence electrons. The van der Waals surface area contributed by atoms with Gasteiger partial charge in [0.25, 0.3) is 0 Å². The number of nitrogens with one attached hydrogen (secondary N) is 1. The van der Waals surface area contributed by atoms with E-state index in [1.807, 2.05) is 6.07 Å². The van der Waals surface area contributed by atoms with E-state index in [9.17, 15) is 9.59 Å². The summed E-state index contributed by atoms with van der Waals surface area (Å²) < 4.78 is 11.0. The van der Waals surface area contributed by atoms with Gasteiger partial charge < -0.3 is 14.8 Å². The lowest BCUT2D eigenvalue weighted by Gasteiger charge is -2.23. The van der Waals surface area contributed by atoms with Crippen LogP contribution in [0.5, 0.6) is 0 Å². The average molecular weight is 358 g/mol. The predicted octanol–water partition coefficient (Wildman–Crippen LogP) is 3.58. The molecule has 0 aliphatic carbocycles. The highest BCUT2D eigenvalue weighted by atomic mass is 79.9. The minimum Gasteiger partial charge on any atom is -0.464 e. The summed E-state index contributed by atoms with van der Waals surface area (Å²) in [6, 6.07) is 6.20. The maximum atomic E-state index is 12.0. The van der Waals surface area contributed by atoms with E-state index >= 15 is 0 Å². The summed E-state index contributed by atoms with van der Waals surface area (Å²) in [5.74, 6) is -0.526. The second kappa shape index (κ2) is 7.45. The summed E-state index contributed by atoms with van der Waals surface area (Å²) in [6.45, 7) is 7.21. The van der Waals surface area contributed by atoms with Crippen molar-refractivity contribution in [3.8, 4) is 0 Å². The van der Waals surface area contributed by atoms with E-state index in [2.05, 4.69) is 21.2 Å². The van der Waals surface area contributed by atoms with E-state index in [1.54, 1.807) is 45.9 Å². The third-order valence-electron chi connectivity index (χ3n) is 2.37. The molecule has 0 fully saturated rings. The van der Waals surface area contributed by atoms with Gasteiger partial charge in [0.15, 0.2) is 6.04 Å². The zero-order valence-electron chi connectivity index (χ0n) is 12.6. The molecule has 1 unspecified atom stereocenters. The Morgan fingerprint density at radius 2 is 2.00 bits per heavy atom. The monoisotopic (exact) mass is 357 g/mol. The van der Waals surface area contributed by atoms with Gasteiger partial charge in [-0.25, -0.2) is 9.59 Å². The van der Waals surface area contributed by atoms with Crippen LogP contribution in [-0.2, 0) is 14.3 Å². The Morgan fingerprint density at radius 1 is 1.33 bits per heavy atom. The van der Waals surface area contributed by atoms with Gasteiger partial charge >= 0.3 is 12.1 Å². The maximum absolute atomic E-state index is 12.0. The lowest BCUT2D eigenvalue weighted by atomic mass is 10.1. The Hall–Kier alpha value is -1.56. The first-order chi connectivity index (χ1) is 9.73. The molecule has 5 nitrogen and oxygen atoms in total. The molecule has 0 aliphatic heterocycles. The smallest absolute Gasteiger partial charge is 0.408 e. The zero-order valence-corrected chi connectivity index (χ0v) is 14.2. The van der Waals surface area contributed by atoms with Crippen molar-refractivity contribution in [3.63, 3.8) is 0 Å². The summed E-state index contributed by atoms with van der Waals surface area (Å²) in [6.07, 6.45) is -0.666. The van der Waals surface area contributed by atoms with E-state index in [0.717, 1.165) is 4.47 Å². The SMILES string of the molecule is CCOC(=O)C(NC(=O)OC(C)(C)C)c1cccc(Br)c1. The topological polar surface area (TPSA) is 64.6 Å². The molecule has 0 radical (unpaired) electrons. The number of benzene rings is 1. The number of esters is 1. The molecule has 1 amide bonds. The molecule has 1 rings (SSSR count). The highest BCUT2D eigenvalue weighted by Gasteiger charge is 2.26. The van der Waals surface area contributed by atoms with Crippen molar-refractivity contribution in [3.05, 3.63) is 34.3 Å². The Labute approximate surface area is 133 Å². The van der Waals surface area contributed by atoms with Crippen molar-refractivity contribution in [1.82, 2.24) is 5.32 Å². The first-order valence-electron chi connectivity index (χ1n) is 6.64.